The Morgan fingerprint density at radius 2 is 1.37 bits per heavy atom. The van der Waals surface area contributed by atoms with E-state index in [-0.39, 0.29) is 0 Å². The van der Waals surface area contributed by atoms with Crippen LogP contribution in [-0.2, 0) is 0 Å². The lowest BCUT2D eigenvalue weighted by Crippen LogP contribution is -2.23. The summed E-state index contributed by atoms with van der Waals surface area (Å²) < 4.78 is 0. The van der Waals surface area contributed by atoms with Crippen LogP contribution in [0.1, 0.15) is 102 Å². The fourth-order valence-corrected chi connectivity index (χ4v) is 4.57. The van der Waals surface area contributed by atoms with E-state index in [4.69, 9.17) is 15.4 Å². The molecule has 1 heterocycles. The summed E-state index contributed by atoms with van der Waals surface area (Å²) >= 11 is 0. The Kier molecular flexibility index (Phi) is 9.32. The molecule has 30 heavy (non-hydrogen) atoms. The van der Waals surface area contributed by atoms with E-state index in [2.05, 4.69) is 22.2 Å². The summed E-state index contributed by atoms with van der Waals surface area (Å²) in [5.74, 6) is 2.53. The molecule has 1 aromatic rings. The van der Waals surface area contributed by atoms with Crippen LogP contribution in [0.5, 0.6) is 0 Å². The molecule has 2 aliphatic carbocycles. The standard InChI is InChI=1S/C24H38N6/c1-2-20(17-18-25)26-23-28-22(19-13-9-5-3-6-10-14-19)29-24(30-23)27-21-15-11-7-4-8-12-16-21/h2,17-19,21,25H,1,3-16H2,(H2,26,27,28,29,30)/b20-17+,25-18?. The van der Waals surface area contributed by atoms with Crippen LogP contribution in [0.4, 0.5) is 11.9 Å². The average Bonchev–Trinajstić information content (AvgIpc) is 2.69. The first-order valence-corrected chi connectivity index (χ1v) is 11.9. The number of allylic oxidation sites excluding steroid dienone is 2. The van der Waals surface area contributed by atoms with Crippen LogP contribution in [-0.4, -0.2) is 27.2 Å². The summed E-state index contributed by atoms with van der Waals surface area (Å²) in [6.07, 6.45) is 22.3. The summed E-state index contributed by atoms with van der Waals surface area (Å²) in [4.78, 5) is 14.4. The number of nitrogens with zero attached hydrogens (tertiary/aromatic N) is 3. The highest BCUT2D eigenvalue weighted by atomic mass is 15.2. The van der Waals surface area contributed by atoms with Crippen molar-refractivity contribution in [1.29, 1.82) is 5.41 Å². The van der Waals surface area contributed by atoms with Gasteiger partial charge in [-0.2, -0.15) is 15.0 Å². The largest absolute Gasteiger partial charge is 0.351 e. The molecule has 3 rings (SSSR count). The van der Waals surface area contributed by atoms with E-state index >= 15 is 0 Å². The first-order chi connectivity index (χ1) is 14.8. The zero-order chi connectivity index (χ0) is 21.0. The minimum atomic E-state index is 0.394. The van der Waals surface area contributed by atoms with Crippen LogP contribution in [0.25, 0.3) is 0 Å². The third-order valence-corrected chi connectivity index (χ3v) is 6.30. The molecule has 0 spiro atoms. The topological polar surface area (TPSA) is 86.6 Å². The van der Waals surface area contributed by atoms with Crippen molar-refractivity contribution in [1.82, 2.24) is 15.0 Å². The highest BCUT2D eigenvalue weighted by Crippen LogP contribution is 2.30. The van der Waals surface area contributed by atoms with Crippen molar-refractivity contribution in [3.8, 4) is 0 Å². The van der Waals surface area contributed by atoms with Crippen LogP contribution in [0.15, 0.2) is 24.4 Å². The van der Waals surface area contributed by atoms with Gasteiger partial charge in [0.05, 0.1) is 0 Å². The number of hydrogen-bond donors (Lipinski definition) is 3. The minimum absolute atomic E-state index is 0.394. The molecule has 0 radical (unpaired) electrons. The molecule has 0 aliphatic heterocycles. The maximum Gasteiger partial charge on any atom is 0.232 e. The highest BCUT2D eigenvalue weighted by Gasteiger charge is 2.20. The summed E-state index contributed by atoms with van der Waals surface area (Å²) in [5.41, 5.74) is 0.719. The van der Waals surface area contributed by atoms with Crippen LogP contribution in [0, 0.1) is 5.41 Å². The fourth-order valence-electron chi connectivity index (χ4n) is 4.57. The molecular formula is C24H38N6. The van der Waals surface area contributed by atoms with E-state index in [1.165, 1.54) is 83.3 Å². The Morgan fingerprint density at radius 1 is 0.800 bits per heavy atom. The van der Waals surface area contributed by atoms with Gasteiger partial charge in [-0.05, 0) is 37.8 Å². The summed E-state index contributed by atoms with van der Waals surface area (Å²) in [6.45, 7) is 3.83. The highest BCUT2D eigenvalue weighted by molar-refractivity contribution is 5.71. The van der Waals surface area contributed by atoms with Gasteiger partial charge in [-0.3, -0.25) is 0 Å². The first-order valence-electron chi connectivity index (χ1n) is 11.9. The minimum Gasteiger partial charge on any atom is -0.351 e. The summed E-state index contributed by atoms with van der Waals surface area (Å²) in [5, 5.41) is 14.2. The van der Waals surface area contributed by atoms with Crippen molar-refractivity contribution in [2.75, 3.05) is 10.6 Å². The second-order valence-electron chi connectivity index (χ2n) is 8.69. The van der Waals surface area contributed by atoms with Crippen LogP contribution in [0.2, 0.25) is 0 Å². The molecule has 1 aromatic heterocycles. The fraction of sp³-hybridized carbons (Fsp3) is 0.667. The smallest absolute Gasteiger partial charge is 0.232 e. The Hall–Kier alpha value is -2.24. The molecule has 0 bridgehead atoms. The van der Waals surface area contributed by atoms with Gasteiger partial charge in [-0.25, -0.2) is 0 Å². The number of aromatic nitrogens is 3. The zero-order valence-electron chi connectivity index (χ0n) is 18.3. The molecule has 6 nitrogen and oxygen atoms in total. The third-order valence-electron chi connectivity index (χ3n) is 6.30. The predicted octanol–water partition coefficient (Wildman–Crippen LogP) is 6.36. The lowest BCUT2D eigenvalue weighted by Gasteiger charge is -2.23. The van der Waals surface area contributed by atoms with Crippen molar-refractivity contribution >= 4 is 18.1 Å². The molecule has 3 N–H and O–H groups in total. The van der Waals surface area contributed by atoms with Crippen LogP contribution >= 0.6 is 0 Å². The SMILES string of the molecule is C=C/C(=C\C=N)Nc1nc(NC2CCCCCCC2)nc(C2CCCCCCC2)n1. The predicted molar refractivity (Wildman–Crippen MR) is 125 cm³/mol. The van der Waals surface area contributed by atoms with E-state index in [0.717, 1.165) is 24.4 Å². The van der Waals surface area contributed by atoms with E-state index in [0.29, 0.717) is 23.9 Å². The van der Waals surface area contributed by atoms with Crippen molar-refractivity contribution in [2.24, 2.45) is 0 Å². The van der Waals surface area contributed by atoms with Gasteiger partial charge in [-0.1, -0.05) is 70.8 Å². The van der Waals surface area contributed by atoms with Crippen LogP contribution in [0.3, 0.4) is 0 Å². The van der Waals surface area contributed by atoms with Gasteiger partial charge in [0.2, 0.25) is 11.9 Å². The molecule has 6 heteroatoms. The van der Waals surface area contributed by atoms with Gasteiger partial charge in [0.25, 0.3) is 0 Å². The Labute approximate surface area is 181 Å². The van der Waals surface area contributed by atoms with E-state index in [1.54, 1.807) is 12.2 Å². The second-order valence-corrected chi connectivity index (χ2v) is 8.69. The normalized spacial score (nSPS) is 20.3. The first kappa shape index (κ1) is 22.4. The van der Waals surface area contributed by atoms with Crippen molar-refractivity contribution in [3.63, 3.8) is 0 Å². The lowest BCUT2D eigenvalue weighted by molar-refractivity contribution is 0.441. The molecule has 2 fully saturated rings. The van der Waals surface area contributed by atoms with Crippen LogP contribution < -0.4 is 10.6 Å². The van der Waals surface area contributed by atoms with Crippen molar-refractivity contribution in [2.45, 2.75) is 102 Å². The summed E-state index contributed by atoms with van der Waals surface area (Å²) in [7, 11) is 0. The zero-order valence-corrected chi connectivity index (χ0v) is 18.3. The molecule has 2 saturated carbocycles. The van der Waals surface area contributed by atoms with Gasteiger partial charge in [0, 0.05) is 23.9 Å². The van der Waals surface area contributed by atoms with Gasteiger partial charge < -0.3 is 16.0 Å². The number of rotatable bonds is 7. The molecule has 0 amide bonds. The van der Waals surface area contributed by atoms with Crippen molar-refractivity contribution < 1.29 is 0 Å². The van der Waals surface area contributed by atoms with Gasteiger partial charge in [0.1, 0.15) is 5.82 Å². The quantitative estimate of drug-likeness (QED) is 0.360. The molecular weight excluding hydrogens is 372 g/mol. The molecule has 0 atom stereocenters. The van der Waals surface area contributed by atoms with Gasteiger partial charge >= 0.3 is 0 Å². The Balaban J connectivity index is 1.83. The average molecular weight is 411 g/mol. The number of nitrogens with one attached hydrogen (secondary N) is 3. The monoisotopic (exact) mass is 410 g/mol. The molecule has 0 unspecified atom stereocenters. The summed E-state index contributed by atoms with van der Waals surface area (Å²) in [6, 6.07) is 0.432. The third kappa shape index (κ3) is 7.22. The lowest BCUT2D eigenvalue weighted by atomic mass is 9.90. The Morgan fingerprint density at radius 3 is 1.97 bits per heavy atom. The van der Waals surface area contributed by atoms with Crippen molar-refractivity contribution in [3.05, 3.63) is 30.3 Å². The van der Waals surface area contributed by atoms with E-state index in [9.17, 15) is 0 Å². The molecule has 2 aliphatic rings. The number of anilines is 2. The van der Waals surface area contributed by atoms with E-state index in [1.807, 2.05) is 0 Å². The van der Waals surface area contributed by atoms with Gasteiger partial charge in [-0.15, -0.1) is 0 Å². The second kappa shape index (κ2) is 12.5. The number of hydrogen-bond acceptors (Lipinski definition) is 6. The molecule has 0 saturated heterocycles. The van der Waals surface area contributed by atoms with Gasteiger partial charge in [0.15, 0.2) is 0 Å². The van der Waals surface area contributed by atoms with E-state index < -0.39 is 0 Å². The maximum atomic E-state index is 7.35. The Bertz CT molecular complexity index is 698. The molecule has 0 aromatic carbocycles. The maximum absolute atomic E-state index is 7.35. The molecule has 164 valence electrons.